The van der Waals surface area contributed by atoms with Crippen molar-refractivity contribution in [3.63, 3.8) is 0 Å². The Kier molecular flexibility index (Phi) is 5.13. The predicted molar refractivity (Wildman–Crippen MR) is 80.1 cm³/mol. The van der Waals surface area contributed by atoms with Crippen LogP contribution in [0.5, 0.6) is 0 Å². The van der Waals surface area contributed by atoms with E-state index in [0.29, 0.717) is 13.1 Å². The van der Waals surface area contributed by atoms with Gasteiger partial charge in [-0.1, -0.05) is 12.1 Å². The number of rotatable bonds is 5. The number of anilines is 1. The van der Waals surface area contributed by atoms with Crippen LogP contribution in [0.4, 0.5) is 5.69 Å². The normalized spacial score (nSPS) is 12.0. The number of nitrogens with one attached hydrogen (secondary N) is 2. The third-order valence-electron chi connectivity index (χ3n) is 2.65. The zero-order valence-electron chi connectivity index (χ0n) is 11.9. The summed E-state index contributed by atoms with van der Waals surface area (Å²) in [5.74, 6) is -0.359. The van der Waals surface area contributed by atoms with Gasteiger partial charge in [0.1, 0.15) is 0 Å². The number of nitrogens with two attached hydrogens (primary N) is 1. The Morgan fingerprint density at radius 2 is 1.85 bits per heavy atom. The van der Waals surface area contributed by atoms with E-state index in [-0.39, 0.29) is 17.2 Å². The molecule has 0 heterocycles. The Labute approximate surface area is 119 Å². The lowest BCUT2D eigenvalue weighted by molar-refractivity contribution is 0.0955. The molecule has 0 aliphatic heterocycles. The molecule has 0 aliphatic rings. The van der Waals surface area contributed by atoms with Crippen LogP contribution in [0.2, 0.25) is 0 Å². The van der Waals surface area contributed by atoms with E-state index < -0.39 is 14.8 Å². The average molecular weight is 299 g/mol. The quantitative estimate of drug-likeness (QED) is 0.752. The van der Waals surface area contributed by atoms with Crippen LogP contribution in [0.15, 0.2) is 24.3 Å². The van der Waals surface area contributed by atoms with Gasteiger partial charge in [-0.05, 0) is 32.9 Å². The van der Waals surface area contributed by atoms with Crippen molar-refractivity contribution in [1.29, 1.82) is 0 Å². The minimum absolute atomic E-state index is 0.261. The zero-order valence-corrected chi connectivity index (χ0v) is 12.8. The fraction of sp³-hybridized carbons (Fsp3) is 0.462. The molecule has 1 amide bonds. The van der Waals surface area contributed by atoms with Crippen LogP contribution in [-0.4, -0.2) is 32.2 Å². The van der Waals surface area contributed by atoms with Gasteiger partial charge >= 0.3 is 0 Å². The average Bonchev–Trinajstić information content (AvgIpc) is 2.34. The van der Waals surface area contributed by atoms with Gasteiger partial charge in [-0.15, -0.1) is 0 Å². The SMILES string of the molecule is CC(C)(C)S(=O)(=O)Nc1ccccc1C(=O)NCCN. The van der Waals surface area contributed by atoms with Gasteiger partial charge in [-0.3, -0.25) is 9.52 Å². The minimum atomic E-state index is -3.58. The van der Waals surface area contributed by atoms with Crippen LogP contribution in [0, 0.1) is 0 Å². The number of carbonyl (C=O) groups excluding carboxylic acids is 1. The molecule has 6 nitrogen and oxygen atoms in total. The van der Waals surface area contributed by atoms with Gasteiger partial charge in [0.25, 0.3) is 5.91 Å². The van der Waals surface area contributed by atoms with Crippen molar-refractivity contribution in [2.75, 3.05) is 17.8 Å². The number of carbonyl (C=O) groups is 1. The minimum Gasteiger partial charge on any atom is -0.351 e. The summed E-state index contributed by atoms with van der Waals surface area (Å²) in [7, 11) is -3.58. The van der Waals surface area contributed by atoms with Gasteiger partial charge in [-0.2, -0.15) is 0 Å². The van der Waals surface area contributed by atoms with Gasteiger partial charge in [0.2, 0.25) is 10.0 Å². The topological polar surface area (TPSA) is 101 Å². The maximum Gasteiger partial charge on any atom is 0.253 e. The molecule has 7 heteroatoms. The monoisotopic (exact) mass is 299 g/mol. The first kappa shape index (κ1) is 16.5. The Morgan fingerprint density at radius 1 is 1.25 bits per heavy atom. The highest BCUT2D eigenvalue weighted by Gasteiger charge is 2.29. The van der Waals surface area contributed by atoms with E-state index in [9.17, 15) is 13.2 Å². The van der Waals surface area contributed by atoms with Crippen molar-refractivity contribution in [3.8, 4) is 0 Å². The smallest absolute Gasteiger partial charge is 0.253 e. The van der Waals surface area contributed by atoms with Gasteiger partial charge in [0.05, 0.1) is 16.0 Å². The maximum absolute atomic E-state index is 12.1. The molecule has 0 atom stereocenters. The molecule has 112 valence electrons. The molecule has 0 unspecified atom stereocenters. The zero-order chi connectivity index (χ0) is 15.4. The number of hydrogen-bond acceptors (Lipinski definition) is 4. The van der Waals surface area contributed by atoms with E-state index in [0.717, 1.165) is 0 Å². The van der Waals surface area contributed by atoms with Crippen molar-refractivity contribution >= 4 is 21.6 Å². The Balaban J connectivity index is 3.06. The fourth-order valence-corrected chi connectivity index (χ4v) is 2.12. The highest BCUT2D eigenvalue weighted by atomic mass is 32.2. The van der Waals surface area contributed by atoms with E-state index >= 15 is 0 Å². The standard InChI is InChI=1S/C13H21N3O3S/c1-13(2,3)20(18,19)16-11-7-5-4-6-10(11)12(17)15-9-8-14/h4-7,16H,8-9,14H2,1-3H3,(H,15,17). The lowest BCUT2D eigenvalue weighted by Crippen LogP contribution is -2.35. The van der Waals surface area contributed by atoms with Crippen molar-refractivity contribution < 1.29 is 13.2 Å². The third-order valence-corrected chi connectivity index (χ3v) is 4.75. The largest absolute Gasteiger partial charge is 0.351 e. The first-order valence-corrected chi connectivity index (χ1v) is 7.77. The van der Waals surface area contributed by atoms with Crippen LogP contribution in [0.1, 0.15) is 31.1 Å². The second kappa shape index (κ2) is 6.23. The molecule has 0 bridgehead atoms. The summed E-state index contributed by atoms with van der Waals surface area (Å²) in [5, 5.41) is 2.61. The molecule has 1 aromatic carbocycles. The van der Waals surface area contributed by atoms with E-state index in [4.69, 9.17) is 5.73 Å². The Morgan fingerprint density at radius 3 is 2.40 bits per heavy atom. The van der Waals surface area contributed by atoms with Crippen molar-refractivity contribution in [2.24, 2.45) is 5.73 Å². The van der Waals surface area contributed by atoms with Crippen LogP contribution >= 0.6 is 0 Å². The molecule has 0 fully saturated rings. The molecule has 0 spiro atoms. The Bertz CT molecular complexity index is 577. The molecule has 0 aromatic heterocycles. The molecular formula is C13H21N3O3S. The summed E-state index contributed by atoms with van der Waals surface area (Å²) < 4.78 is 25.8. The van der Waals surface area contributed by atoms with E-state index in [1.54, 1.807) is 45.0 Å². The lowest BCUT2D eigenvalue weighted by Gasteiger charge is -2.21. The van der Waals surface area contributed by atoms with Gasteiger partial charge in [-0.25, -0.2) is 8.42 Å². The molecule has 1 aromatic rings. The van der Waals surface area contributed by atoms with Crippen LogP contribution in [0.3, 0.4) is 0 Å². The lowest BCUT2D eigenvalue weighted by atomic mass is 10.1. The number of benzene rings is 1. The summed E-state index contributed by atoms with van der Waals surface area (Å²) in [6.45, 7) is 5.42. The number of hydrogen-bond donors (Lipinski definition) is 3. The molecule has 4 N–H and O–H groups in total. The molecule has 0 aliphatic carbocycles. The second-order valence-corrected chi connectivity index (χ2v) is 7.74. The molecule has 1 rings (SSSR count). The summed E-state index contributed by atoms with van der Waals surface area (Å²) >= 11 is 0. The Hall–Kier alpha value is -1.60. The van der Waals surface area contributed by atoms with E-state index in [2.05, 4.69) is 10.0 Å². The molecule has 20 heavy (non-hydrogen) atoms. The van der Waals surface area contributed by atoms with Crippen molar-refractivity contribution in [3.05, 3.63) is 29.8 Å². The fourth-order valence-electron chi connectivity index (χ4n) is 1.35. The first-order valence-electron chi connectivity index (χ1n) is 6.28. The van der Waals surface area contributed by atoms with Crippen LogP contribution in [-0.2, 0) is 10.0 Å². The summed E-state index contributed by atoms with van der Waals surface area (Å²) in [6.07, 6.45) is 0. The van der Waals surface area contributed by atoms with Gasteiger partial charge < -0.3 is 11.1 Å². The number of sulfonamides is 1. The third kappa shape index (κ3) is 3.94. The second-order valence-electron chi connectivity index (χ2n) is 5.31. The predicted octanol–water partition coefficient (Wildman–Crippen LogP) is 0.915. The maximum atomic E-state index is 12.1. The van der Waals surface area contributed by atoms with Crippen LogP contribution < -0.4 is 15.8 Å². The van der Waals surface area contributed by atoms with Gasteiger partial charge in [0, 0.05) is 13.1 Å². The van der Waals surface area contributed by atoms with E-state index in [1.165, 1.54) is 0 Å². The number of para-hydroxylation sites is 1. The van der Waals surface area contributed by atoms with Crippen molar-refractivity contribution in [1.82, 2.24) is 5.32 Å². The molecular weight excluding hydrogens is 278 g/mol. The van der Waals surface area contributed by atoms with Crippen LogP contribution in [0.25, 0.3) is 0 Å². The summed E-state index contributed by atoms with van der Waals surface area (Å²) in [6, 6.07) is 6.46. The number of amides is 1. The molecule has 0 saturated carbocycles. The molecule has 0 saturated heterocycles. The highest BCUT2D eigenvalue weighted by Crippen LogP contribution is 2.22. The van der Waals surface area contributed by atoms with Crippen molar-refractivity contribution in [2.45, 2.75) is 25.5 Å². The molecule has 0 radical (unpaired) electrons. The summed E-state index contributed by atoms with van der Waals surface area (Å²) in [4.78, 5) is 12.0. The van der Waals surface area contributed by atoms with E-state index in [1.807, 2.05) is 0 Å². The highest BCUT2D eigenvalue weighted by molar-refractivity contribution is 7.94. The first-order chi connectivity index (χ1) is 9.19. The summed E-state index contributed by atoms with van der Waals surface area (Å²) in [5.41, 5.74) is 5.86. The van der Waals surface area contributed by atoms with Gasteiger partial charge in [0.15, 0.2) is 0 Å².